The molecule has 0 spiro atoms. The number of nitrogen functional groups attached to an aromatic ring is 1. The molecule has 13 nitrogen and oxygen atoms in total. The molecule has 2 heterocycles. The van der Waals surface area contributed by atoms with E-state index in [2.05, 4.69) is 25.1 Å². The first-order valence-corrected chi connectivity index (χ1v) is 16.6. The van der Waals surface area contributed by atoms with Crippen LogP contribution in [-0.4, -0.2) is 79.5 Å². The number of aromatic nitrogens is 4. The molecule has 0 bridgehead atoms. The highest BCUT2D eigenvalue weighted by Gasteiger charge is 2.52. The monoisotopic (exact) mass is 701 g/mol. The van der Waals surface area contributed by atoms with Gasteiger partial charge < -0.3 is 24.5 Å². The Kier molecular flexibility index (Phi) is 10.3. The Balaban J connectivity index is 1.45. The van der Waals surface area contributed by atoms with E-state index in [-0.39, 0.29) is 12.4 Å². The highest BCUT2D eigenvalue weighted by Crippen LogP contribution is 2.46. The normalized spacial score (nSPS) is 23.1. The molecule has 20 heteroatoms. The van der Waals surface area contributed by atoms with Gasteiger partial charge in [-0.25, -0.2) is 25.1 Å². The number of carbonyl (C=O) groups is 2. The average Bonchev–Trinajstić information content (AvgIpc) is 3.28. The zero-order chi connectivity index (χ0) is 35.2. The summed E-state index contributed by atoms with van der Waals surface area (Å²) in [6.07, 6.45) is -11.0. The largest absolute Gasteiger partial charge is 0.461 e. The Labute approximate surface area is 266 Å². The third-order valence-electron chi connectivity index (χ3n) is 8.03. The number of esters is 2. The molecule has 2 aromatic heterocycles. The number of halogens is 6. The van der Waals surface area contributed by atoms with Crippen molar-refractivity contribution in [2.75, 3.05) is 12.1 Å². The zero-order valence-electron chi connectivity index (χ0n) is 26.3. The van der Waals surface area contributed by atoms with Gasteiger partial charge >= 0.3 is 24.3 Å². The van der Waals surface area contributed by atoms with Crippen LogP contribution in [0.2, 0.25) is 0 Å². The molecule has 0 unspecified atom stereocenters. The van der Waals surface area contributed by atoms with Crippen molar-refractivity contribution >= 4 is 36.4 Å². The minimum atomic E-state index is -4.42. The summed E-state index contributed by atoms with van der Waals surface area (Å²) < 4.78 is 110. The molecule has 2 saturated carbocycles. The first-order valence-electron chi connectivity index (χ1n) is 14.8. The van der Waals surface area contributed by atoms with Gasteiger partial charge in [0, 0.05) is 0 Å². The van der Waals surface area contributed by atoms with Crippen LogP contribution in [0.25, 0.3) is 11.2 Å². The maximum atomic E-state index is 14.4. The van der Waals surface area contributed by atoms with Crippen LogP contribution in [-0.2, 0) is 34.9 Å². The Hall–Kier alpha value is -3.02. The first-order chi connectivity index (χ1) is 21.5. The maximum Gasteiger partial charge on any atom is 0.392 e. The van der Waals surface area contributed by atoms with Gasteiger partial charge in [-0.05, 0) is 60.3 Å². The van der Waals surface area contributed by atoms with Gasteiger partial charge in [-0.15, -0.1) is 0 Å². The molecule has 4 rings (SSSR count). The Morgan fingerprint density at radius 1 is 0.915 bits per heavy atom. The molecule has 1 atom stereocenters. The van der Waals surface area contributed by atoms with Gasteiger partial charge in [0.05, 0.1) is 30.8 Å². The lowest BCUT2D eigenvalue weighted by molar-refractivity contribution is -0.221. The predicted octanol–water partition coefficient (Wildman–Crippen LogP) is 4.47. The van der Waals surface area contributed by atoms with E-state index < -0.39 is 105 Å². The van der Waals surface area contributed by atoms with Crippen LogP contribution >= 0.6 is 7.44 Å². The minimum Gasteiger partial charge on any atom is -0.461 e. The van der Waals surface area contributed by atoms with E-state index in [0.717, 1.165) is 0 Å². The molecular weight excluding hydrogens is 663 g/mol. The lowest BCUT2D eigenvalue weighted by Crippen LogP contribution is -2.55. The van der Waals surface area contributed by atoms with Crippen molar-refractivity contribution in [3.63, 3.8) is 0 Å². The number of imidazole rings is 1. The SMILES string of the molecule is C[C@H](Cn1cnc2c(N)ncnc21)OCP(=O)(NC(C)(C)C(=O)O[C@H]1C[C@H](C(F)(F)F)C1)NC(C)(C)C(=O)O[C@H]1C[C@H](C(F)(F)F)C1. The van der Waals surface area contributed by atoms with Gasteiger partial charge in [0.25, 0.3) is 0 Å². The number of nitrogens with zero attached hydrogens (tertiary/aromatic N) is 4. The molecule has 0 aromatic carbocycles. The number of nitrogens with two attached hydrogens (primary N) is 1. The van der Waals surface area contributed by atoms with E-state index in [0.29, 0.717) is 11.2 Å². The highest BCUT2D eigenvalue weighted by atomic mass is 31.2. The van der Waals surface area contributed by atoms with Gasteiger partial charge in [-0.2, -0.15) is 26.3 Å². The van der Waals surface area contributed by atoms with Crippen molar-refractivity contribution < 1.29 is 54.7 Å². The maximum absolute atomic E-state index is 14.4. The number of anilines is 1. The molecule has 2 fully saturated rings. The molecule has 2 aromatic rings. The minimum absolute atomic E-state index is 0.147. The summed E-state index contributed by atoms with van der Waals surface area (Å²) in [6.45, 7) is 6.98. The number of fused-ring (bicyclic) bond motifs is 1. The summed E-state index contributed by atoms with van der Waals surface area (Å²) in [5.74, 6) is -5.01. The van der Waals surface area contributed by atoms with Crippen molar-refractivity contribution in [3.8, 4) is 0 Å². The number of carbonyl (C=O) groups excluding carboxylic acids is 2. The molecule has 264 valence electrons. The van der Waals surface area contributed by atoms with Gasteiger partial charge in [0.2, 0.25) is 7.44 Å². The van der Waals surface area contributed by atoms with Crippen LogP contribution in [0.3, 0.4) is 0 Å². The van der Waals surface area contributed by atoms with Crippen LogP contribution in [0.5, 0.6) is 0 Å². The fourth-order valence-electron chi connectivity index (χ4n) is 5.14. The Bertz CT molecular complexity index is 1440. The van der Waals surface area contributed by atoms with Crippen molar-refractivity contribution in [2.24, 2.45) is 11.8 Å². The summed E-state index contributed by atoms with van der Waals surface area (Å²) in [7, 11) is -4.17. The summed E-state index contributed by atoms with van der Waals surface area (Å²) >= 11 is 0. The number of rotatable bonds is 13. The molecule has 47 heavy (non-hydrogen) atoms. The number of hydrogen-bond donors (Lipinski definition) is 3. The lowest BCUT2D eigenvalue weighted by atomic mass is 9.81. The highest BCUT2D eigenvalue weighted by molar-refractivity contribution is 7.59. The van der Waals surface area contributed by atoms with E-state index in [1.54, 1.807) is 11.5 Å². The molecule has 4 N–H and O–H groups in total. The fourth-order valence-corrected chi connectivity index (χ4v) is 7.77. The van der Waals surface area contributed by atoms with Crippen LogP contribution in [0.15, 0.2) is 12.7 Å². The Morgan fingerprint density at radius 2 is 1.38 bits per heavy atom. The fraction of sp³-hybridized carbons (Fsp3) is 0.741. The second-order valence-corrected chi connectivity index (χ2v) is 15.3. The van der Waals surface area contributed by atoms with Crippen LogP contribution in [0, 0.1) is 11.8 Å². The third kappa shape index (κ3) is 8.91. The quantitative estimate of drug-likeness (QED) is 0.152. The van der Waals surface area contributed by atoms with Crippen LogP contribution in [0.4, 0.5) is 32.2 Å². The van der Waals surface area contributed by atoms with E-state index in [1.807, 2.05) is 0 Å². The summed E-state index contributed by atoms with van der Waals surface area (Å²) in [5.41, 5.74) is 3.07. The topological polar surface area (TPSA) is 173 Å². The number of nitrogens with one attached hydrogen (secondary N) is 2. The summed E-state index contributed by atoms with van der Waals surface area (Å²) in [4.78, 5) is 38.3. The standard InChI is InChI=1S/C27H38F6N7O6P/c1-14(10-40-12-37-19-20(34)35-11-36-21(19)40)44-13-47(43,38-24(2,3)22(41)45-17-6-15(7-17)26(28,29)30)39-25(4,5)23(42)46-18-8-16(9-18)27(31,32)33/h11-12,14-18H,6-10,13H2,1-5H3,(H2,34,35,36)(H2,38,39,43)/t14-,15-,16-,17-,18-/m1/s1. The molecule has 0 radical (unpaired) electrons. The number of hydrogen-bond acceptors (Lipinski definition) is 10. The second kappa shape index (κ2) is 13.1. The third-order valence-corrected chi connectivity index (χ3v) is 10.4. The molecule has 0 aliphatic heterocycles. The van der Waals surface area contributed by atoms with E-state index in [9.17, 15) is 40.5 Å². The molecule has 0 amide bonds. The lowest BCUT2D eigenvalue weighted by Gasteiger charge is -2.40. The predicted molar refractivity (Wildman–Crippen MR) is 155 cm³/mol. The van der Waals surface area contributed by atoms with Gasteiger partial charge in [-0.1, -0.05) is 0 Å². The Morgan fingerprint density at radius 3 is 1.83 bits per heavy atom. The van der Waals surface area contributed by atoms with Gasteiger partial charge in [0.1, 0.15) is 41.5 Å². The zero-order valence-corrected chi connectivity index (χ0v) is 27.2. The van der Waals surface area contributed by atoms with Crippen molar-refractivity contribution in [3.05, 3.63) is 12.7 Å². The van der Waals surface area contributed by atoms with Crippen LogP contribution in [0.1, 0.15) is 60.3 Å². The summed E-state index contributed by atoms with van der Waals surface area (Å²) in [5, 5.41) is 5.29. The average molecular weight is 702 g/mol. The van der Waals surface area contributed by atoms with Crippen molar-refractivity contribution in [1.82, 2.24) is 29.7 Å². The van der Waals surface area contributed by atoms with Crippen LogP contribution < -0.4 is 15.9 Å². The van der Waals surface area contributed by atoms with E-state index >= 15 is 0 Å². The van der Waals surface area contributed by atoms with Gasteiger partial charge in [-0.3, -0.25) is 14.2 Å². The van der Waals surface area contributed by atoms with E-state index in [1.165, 1.54) is 40.3 Å². The molecule has 2 aliphatic rings. The van der Waals surface area contributed by atoms with E-state index in [4.69, 9.17) is 19.9 Å². The van der Waals surface area contributed by atoms with Crippen molar-refractivity contribution in [2.45, 2.75) is 109 Å². The van der Waals surface area contributed by atoms with Gasteiger partial charge in [0.15, 0.2) is 11.5 Å². The van der Waals surface area contributed by atoms with Crippen molar-refractivity contribution in [1.29, 1.82) is 0 Å². The molecular formula is C27H38F6N7O6P. The number of alkyl halides is 6. The summed E-state index contributed by atoms with van der Waals surface area (Å²) in [6, 6.07) is 0. The molecule has 2 aliphatic carbocycles. The first kappa shape index (κ1) is 36.8. The number of ether oxygens (including phenoxy) is 3. The smallest absolute Gasteiger partial charge is 0.392 e. The molecule has 0 saturated heterocycles. The second-order valence-electron chi connectivity index (χ2n) is 13.1.